The maximum absolute atomic E-state index is 4.60. The lowest BCUT2D eigenvalue weighted by Crippen LogP contribution is -2.31. The van der Waals surface area contributed by atoms with E-state index in [9.17, 15) is 0 Å². The summed E-state index contributed by atoms with van der Waals surface area (Å²) in [5, 5.41) is 8.94. The number of nitrogens with zero attached hydrogens (tertiary/aromatic N) is 1. The third-order valence-corrected chi connectivity index (χ3v) is 4.53. The zero-order chi connectivity index (χ0) is 11.4. The molecule has 2 nitrogen and oxygen atoms in total. The van der Waals surface area contributed by atoms with E-state index in [0.29, 0.717) is 12.0 Å². The van der Waals surface area contributed by atoms with E-state index in [1.165, 1.54) is 5.56 Å². The SMILES string of the molecule is CC(C)C1CSC(=NCCc2ccsc2)N1. The van der Waals surface area contributed by atoms with Crippen molar-refractivity contribution in [1.29, 1.82) is 0 Å². The van der Waals surface area contributed by atoms with Gasteiger partial charge in [0.1, 0.15) is 0 Å². The van der Waals surface area contributed by atoms with Crippen molar-refractivity contribution < 1.29 is 0 Å². The lowest BCUT2D eigenvalue weighted by Gasteiger charge is -2.12. The minimum absolute atomic E-state index is 0.602. The Hall–Kier alpha value is -0.480. The fourth-order valence-electron chi connectivity index (χ4n) is 1.58. The second kappa shape index (κ2) is 5.73. The number of nitrogens with one attached hydrogen (secondary N) is 1. The normalized spacial score (nSPS) is 22.9. The summed E-state index contributed by atoms with van der Waals surface area (Å²) in [6.07, 6.45) is 1.06. The highest BCUT2D eigenvalue weighted by Crippen LogP contribution is 2.19. The molecule has 2 rings (SSSR count). The highest BCUT2D eigenvalue weighted by Gasteiger charge is 2.22. The average Bonchev–Trinajstić information content (AvgIpc) is 2.87. The molecule has 16 heavy (non-hydrogen) atoms. The van der Waals surface area contributed by atoms with Gasteiger partial charge < -0.3 is 5.32 Å². The first kappa shape index (κ1) is 12.0. The van der Waals surface area contributed by atoms with Crippen LogP contribution in [0.25, 0.3) is 0 Å². The van der Waals surface area contributed by atoms with E-state index < -0.39 is 0 Å². The van der Waals surface area contributed by atoms with Gasteiger partial charge in [-0.1, -0.05) is 25.6 Å². The van der Waals surface area contributed by atoms with Crippen molar-refractivity contribution in [2.45, 2.75) is 26.3 Å². The van der Waals surface area contributed by atoms with Crippen molar-refractivity contribution in [3.05, 3.63) is 22.4 Å². The van der Waals surface area contributed by atoms with Gasteiger partial charge in [-0.15, -0.1) is 0 Å². The standard InChI is InChI=1S/C12H18N2S2/c1-9(2)11-8-16-12(14-11)13-5-3-10-4-6-15-7-10/h4,6-7,9,11H,3,5,8H2,1-2H3,(H,13,14). The first-order valence-electron chi connectivity index (χ1n) is 5.70. The number of thiophene rings is 1. The number of hydrogen-bond donors (Lipinski definition) is 1. The molecule has 1 aliphatic heterocycles. The Kier molecular flexibility index (Phi) is 4.29. The van der Waals surface area contributed by atoms with Crippen molar-refractivity contribution in [3.63, 3.8) is 0 Å². The molecule has 0 bridgehead atoms. The summed E-state index contributed by atoms with van der Waals surface area (Å²) in [4.78, 5) is 4.60. The van der Waals surface area contributed by atoms with Crippen LogP contribution in [0.3, 0.4) is 0 Å². The van der Waals surface area contributed by atoms with Gasteiger partial charge in [0.05, 0.1) is 0 Å². The van der Waals surface area contributed by atoms with Crippen LogP contribution in [0.5, 0.6) is 0 Å². The van der Waals surface area contributed by atoms with Gasteiger partial charge in [-0.25, -0.2) is 0 Å². The van der Waals surface area contributed by atoms with E-state index >= 15 is 0 Å². The molecule has 88 valence electrons. The fraction of sp³-hybridized carbons (Fsp3) is 0.583. The molecule has 1 unspecified atom stereocenters. The van der Waals surface area contributed by atoms with Gasteiger partial charge in [-0.3, -0.25) is 4.99 Å². The predicted octanol–water partition coefficient (Wildman–Crippen LogP) is 3.01. The largest absolute Gasteiger partial charge is 0.361 e. The van der Waals surface area contributed by atoms with Crippen LogP contribution in [0, 0.1) is 5.92 Å². The molecule has 0 spiro atoms. The average molecular weight is 254 g/mol. The Morgan fingerprint density at radius 1 is 1.56 bits per heavy atom. The summed E-state index contributed by atoms with van der Waals surface area (Å²) in [6.45, 7) is 5.41. The summed E-state index contributed by atoms with van der Waals surface area (Å²) in [6, 6.07) is 2.78. The Bertz CT molecular complexity index is 344. The van der Waals surface area contributed by atoms with Crippen LogP contribution in [0.2, 0.25) is 0 Å². The number of aliphatic imine (C=N–C) groups is 1. The molecular weight excluding hydrogens is 236 g/mol. The van der Waals surface area contributed by atoms with E-state index in [1.807, 2.05) is 11.8 Å². The maximum Gasteiger partial charge on any atom is 0.156 e. The third kappa shape index (κ3) is 3.25. The molecule has 1 atom stereocenters. The summed E-state index contributed by atoms with van der Waals surface area (Å²) in [5.74, 6) is 1.85. The topological polar surface area (TPSA) is 24.4 Å². The lowest BCUT2D eigenvalue weighted by atomic mass is 10.1. The molecule has 1 aromatic rings. The van der Waals surface area contributed by atoms with Crippen molar-refractivity contribution in [3.8, 4) is 0 Å². The summed E-state index contributed by atoms with van der Waals surface area (Å²) < 4.78 is 0. The Morgan fingerprint density at radius 2 is 2.44 bits per heavy atom. The number of hydrogen-bond acceptors (Lipinski definition) is 3. The molecule has 0 amide bonds. The molecule has 1 aromatic heterocycles. The second-order valence-corrected chi connectivity index (χ2v) is 6.16. The molecule has 1 aliphatic rings. The van der Waals surface area contributed by atoms with Crippen LogP contribution in [0.15, 0.2) is 21.8 Å². The first-order chi connectivity index (χ1) is 7.75. The Morgan fingerprint density at radius 3 is 3.06 bits per heavy atom. The van der Waals surface area contributed by atoms with Crippen molar-refractivity contribution in [1.82, 2.24) is 5.32 Å². The Balaban J connectivity index is 1.77. The zero-order valence-electron chi connectivity index (χ0n) is 9.77. The second-order valence-electron chi connectivity index (χ2n) is 4.37. The van der Waals surface area contributed by atoms with Gasteiger partial charge in [-0.05, 0) is 34.7 Å². The van der Waals surface area contributed by atoms with Gasteiger partial charge in [0.25, 0.3) is 0 Å². The number of amidine groups is 1. The molecular formula is C12H18N2S2. The minimum atomic E-state index is 0.602. The molecule has 1 saturated heterocycles. The predicted molar refractivity (Wildman–Crippen MR) is 74.5 cm³/mol. The van der Waals surface area contributed by atoms with E-state index in [2.05, 4.69) is 41.0 Å². The highest BCUT2D eigenvalue weighted by molar-refractivity contribution is 8.14. The molecule has 1 N–H and O–H groups in total. The summed E-state index contributed by atoms with van der Waals surface area (Å²) in [5.41, 5.74) is 1.40. The molecule has 0 aliphatic carbocycles. The van der Waals surface area contributed by atoms with E-state index in [-0.39, 0.29) is 0 Å². The highest BCUT2D eigenvalue weighted by atomic mass is 32.2. The van der Waals surface area contributed by atoms with Crippen molar-refractivity contribution in [2.24, 2.45) is 10.9 Å². The van der Waals surface area contributed by atoms with Gasteiger partial charge in [0.2, 0.25) is 0 Å². The van der Waals surface area contributed by atoms with Crippen LogP contribution in [-0.2, 0) is 6.42 Å². The lowest BCUT2D eigenvalue weighted by molar-refractivity contribution is 0.503. The van der Waals surface area contributed by atoms with Crippen LogP contribution in [-0.4, -0.2) is 23.5 Å². The van der Waals surface area contributed by atoms with Gasteiger partial charge >= 0.3 is 0 Å². The first-order valence-corrected chi connectivity index (χ1v) is 7.63. The zero-order valence-corrected chi connectivity index (χ0v) is 11.4. The van der Waals surface area contributed by atoms with Crippen LogP contribution < -0.4 is 5.32 Å². The third-order valence-electron chi connectivity index (χ3n) is 2.75. The van der Waals surface area contributed by atoms with Gasteiger partial charge in [0.15, 0.2) is 5.17 Å². The van der Waals surface area contributed by atoms with Crippen LogP contribution in [0.4, 0.5) is 0 Å². The van der Waals surface area contributed by atoms with Crippen molar-refractivity contribution in [2.75, 3.05) is 12.3 Å². The fourth-order valence-corrected chi connectivity index (χ4v) is 3.51. The molecule has 4 heteroatoms. The van der Waals surface area contributed by atoms with Gasteiger partial charge in [-0.2, -0.15) is 11.3 Å². The van der Waals surface area contributed by atoms with Crippen molar-refractivity contribution >= 4 is 28.3 Å². The minimum Gasteiger partial charge on any atom is -0.361 e. The van der Waals surface area contributed by atoms with Crippen LogP contribution >= 0.6 is 23.1 Å². The number of thioether (sulfide) groups is 1. The molecule has 0 radical (unpaired) electrons. The maximum atomic E-state index is 4.60. The molecule has 0 aromatic carbocycles. The summed E-state index contributed by atoms with van der Waals surface area (Å²) >= 11 is 3.61. The summed E-state index contributed by atoms with van der Waals surface area (Å²) in [7, 11) is 0. The van der Waals surface area contributed by atoms with E-state index in [4.69, 9.17) is 0 Å². The molecule has 1 fully saturated rings. The number of rotatable bonds is 4. The van der Waals surface area contributed by atoms with Gasteiger partial charge in [0, 0.05) is 18.3 Å². The smallest absolute Gasteiger partial charge is 0.156 e. The molecule has 0 saturated carbocycles. The van der Waals surface area contributed by atoms with E-state index in [1.54, 1.807) is 11.3 Å². The van der Waals surface area contributed by atoms with E-state index in [0.717, 1.165) is 23.9 Å². The quantitative estimate of drug-likeness (QED) is 0.893. The monoisotopic (exact) mass is 254 g/mol. The Labute approximate surface area is 106 Å². The van der Waals surface area contributed by atoms with Crippen LogP contribution in [0.1, 0.15) is 19.4 Å². The molecule has 2 heterocycles.